The molecule has 0 amide bonds. The van der Waals surface area contributed by atoms with Crippen LogP contribution in [0.15, 0.2) is 34.3 Å². The Morgan fingerprint density at radius 1 is 1.20 bits per heavy atom. The monoisotopic (exact) mass is 293 g/mol. The molecule has 0 fully saturated rings. The molecule has 0 saturated heterocycles. The molecule has 1 aromatic carbocycles. The molecule has 104 valence electrons. The predicted octanol–water partition coefficient (Wildman–Crippen LogP) is 2.51. The van der Waals surface area contributed by atoms with E-state index in [-0.39, 0.29) is 11.0 Å². The molecular formula is C13H12FN3O2S. The van der Waals surface area contributed by atoms with Gasteiger partial charge >= 0.3 is 0 Å². The molecule has 20 heavy (non-hydrogen) atoms. The molecule has 0 aliphatic carbocycles. The molecule has 0 saturated carbocycles. The normalized spacial score (nSPS) is 13.8. The first-order valence-corrected chi connectivity index (χ1v) is 6.89. The van der Waals surface area contributed by atoms with Crippen LogP contribution in [0.5, 0.6) is 11.5 Å². The second-order valence-corrected chi connectivity index (χ2v) is 5.20. The van der Waals surface area contributed by atoms with Crippen molar-refractivity contribution in [3.8, 4) is 11.5 Å². The third-order valence-corrected chi connectivity index (χ3v) is 3.63. The fraction of sp³-hybridized carbons (Fsp3) is 0.231. The summed E-state index contributed by atoms with van der Waals surface area (Å²) in [6.07, 6.45) is 1.90. The summed E-state index contributed by atoms with van der Waals surface area (Å²) in [6.45, 7) is 1.24. The molecule has 1 aliphatic heterocycles. The van der Waals surface area contributed by atoms with Gasteiger partial charge in [0.2, 0.25) is 5.95 Å². The highest BCUT2D eigenvalue weighted by atomic mass is 32.2. The minimum absolute atomic E-state index is 0.0447. The van der Waals surface area contributed by atoms with Crippen molar-refractivity contribution in [2.45, 2.75) is 16.3 Å². The van der Waals surface area contributed by atoms with E-state index >= 15 is 0 Å². The number of rotatable bonds is 2. The van der Waals surface area contributed by atoms with E-state index < -0.39 is 5.82 Å². The van der Waals surface area contributed by atoms with Gasteiger partial charge in [-0.05, 0) is 18.2 Å². The highest BCUT2D eigenvalue weighted by Gasteiger charge is 2.13. The van der Waals surface area contributed by atoms with E-state index in [0.717, 1.165) is 17.5 Å². The number of hydrogen-bond donors (Lipinski definition) is 1. The van der Waals surface area contributed by atoms with Crippen molar-refractivity contribution < 1.29 is 13.9 Å². The number of fused-ring (bicyclic) bond motifs is 1. The zero-order valence-electron chi connectivity index (χ0n) is 10.5. The molecule has 2 aromatic rings. The smallest absolute Gasteiger partial charge is 0.221 e. The summed E-state index contributed by atoms with van der Waals surface area (Å²) in [5.41, 5.74) is 5.47. The van der Waals surface area contributed by atoms with Gasteiger partial charge < -0.3 is 15.2 Å². The Labute approximate surface area is 119 Å². The predicted molar refractivity (Wildman–Crippen MR) is 72.6 cm³/mol. The van der Waals surface area contributed by atoms with Gasteiger partial charge in [-0.25, -0.2) is 14.4 Å². The minimum atomic E-state index is -0.503. The molecule has 0 atom stereocenters. The van der Waals surface area contributed by atoms with E-state index in [1.807, 2.05) is 18.2 Å². The van der Waals surface area contributed by atoms with Crippen molar-refractivity contribution in [1.29, 1.82) is 0 Å². The van der Waals surface area contributed by atoms with Crippen LogP contribution in [-0.4, -0.2) is 23.2 Å². The topological polar surface area (TPSA) is 70.3 Å². The number of aromatic nitrogens is 2. The number of nitrogens with zero attached hydrogens (tertiary/aromatic N) is 2. The van der Waals surface area contributed by atoms with Gasteiger partial charge in [0, 0.05) is 11.3 Å². The summed E-state index contributed by atoms with van der Waals surface area (Å²) in [5.74, 6) is 0.906. The van der Waals surface area contributed by atoms with Gasteiger partial charge in [0.1, 0.15) is 5.03 Å². The van der Waals surface area contributed by atoms with Crippen LogP contribution in [0.1, 0.15) is 6.42 Å². The van der Waals surface area contributed by atoms with Crippen LogP contribution in [0.2, 0.25) is 0 Å². The fourth-order valence-corrected chi connectivity index (χ4v) is 2.57. The van der Waals surface area contributed by atoms with Gasteiger partial charge in [-0.15, -0.1) is 0 Å². The Balaban J connectivity index is 1.87. The summed E-state index contributed by atoms with van der Waals surface area (Å²) in [7, 11) is 0. The van der Waals surface area contributed by atoms with E-state index in [1.54, 1.807) is 0 Å². The largest absolute Gasteiger partial charge is 0.490 e. The number of anilines is 1. The SMILES string of the molecule is Nc1ncc(F)c(Sc2ccc3c(c2)OCCCO3)n1. The number of ether oxygens (including phenoxy) is 2. The number of hydrogen-bond acceptors (Lipinski definition) is 6. The van der Waals surface area contributed by atoms with Crippen LogP contribution < -0.4 is 15.2 Å². The van der Waals surface area contributed by atoms with Crippen molar-refractivity contribution in [1.82, 2.24) is 9.97 Å². The van der Waals surface area contributed by atoms with Gasteiger partial charge in [-0.3, -0.25) is 0 Å². The first-order chi connectivity index (χ1) is 9.72. The van der Waals surface area contributed by atoms with Crippen LogP contribution in [0.3, 0.4) is 0 Å². The molecule has 1 aliphatic rings. The molecule has 5 nitrogen and oxygen atoms in total. The summed E-state index contributed by atoms with van der Waals surface area (Å²) < 4.78 is 24.7. The fourth-order valence-electron chi connectivity index (χ4n) is 1.75. The highest BCUT2D eigenvalue weighted by Crippen LogP contribution is 2.36. The van der Waals surface area contributed by atoms with Crippen molar-refractivity contribution >= 4 is 17.7 Å². The van der Waals surface area contributed by atoms with Crippen LogP contribution in [0, 0.1) is 5.82 Å². The molecule has 0 unspecified atom stereocenters. The standard InChI is InChI=1S/C13H12FN3O2S/c14-9-7-16-13(15)17-12(9)20-8-2-3-10-11(6-8)19-5-1-4-18-10/h2-3,6-7H,1,4-5H2,(H2,15,16,17). The van der Waals surface area contributed by atoms with E-state index in [0.29, 0.717) is 24.7 Å². The maximum atomic E-state index is 13.6. The zero-order valence-corrected chi connectivity index (χ0v) is 11.3. The van der Waals surface area contributed by atoms with E-state index in [2.05, 4.69) is 9.97 Å². The van der Waals surface area contributed by atoms with Crippen molar-refractivity contribution in [2.75, 3.05) is 18.9 Å². The minimum Gasteiger partial charge on any atom is -0.490 e. The highest BCUT2D eigenvalue weighted by molar-refractivity contribution is 7.99. The number of halogens is 1. The number of nitrogen functional groups attached to an aromatic ring is 1. The van der Waals surface area contributed by atoms with Crippen molar-refractivity contribution in [2.24, 2.45) is 0 Å². The van der Waals surface area contributed by atoms with Crippen LogP contribution in [-0.2, 0) is 0 Å². The van der Waals surface area contributed by atoms with E-state index in [4.69, 9.17) is 15.2 Å². The molecule has 3 rings (SSSR count). The van der Waals surface area contributed by atoms with Gasteiger partial charge in [-0.2, -0.15) is 0 Å². The summed E-state index contributed by atoms with van der Waals surface area (Å²) in [5, 5.41) is 0.187. The molecule has 0 bridgehead atoms. The first kappa shape index (κ1) is 13.0. The first-order valence-electron chi connectivity index (χ1n) is 6.08. The quantitative estimate of drug-likeness (QED) is 0.858. The Morgan fingerprint density at radius 3 is 2.85 bits per heavy atom. The van der Waals surface area contributed by atoms with Gasteiger partial charge in [0.25, 0.3) is 0 Å². The summed E-state index contributed by atoms with van der Waals surface area (Å²) in [4.78, 5) is 8.28. The third-order valence-electron chi connectivity index (χ3n) is 2.66. The molecule has 7 heteroatoms. The molecular weight excluding hydrogens is 281 g/mol. The second-order valence-electron chi connectivity index (χ2n) is 4.14. The van der Waals surface area contributed by atoms with Gasteiger partial charge in [0.15, 0.2) is 17.3 Å². The summed E-state index contributed by atoms with van der Waals surface area (Å²) >= 11 is 1.17. The Hall–Kier alpha value is -2.02. The van der Waals surface area contributed by atoms with E-state index in [9.17, 15) is 4.39 Å². The van der Waals surface area contributed by atoms with Crippen LogP contribution in [0.4, 0.5) is 10.3 Å². The second kappa shape index (κ2) is 5.54. The van der Waals surface area contributed by atoms with Crippen LogP contribution in [0.25, 0.3) is 0 Å². The molecule has 1 aromatic heterocycles. The average Bonchev–Trinajstić information content (AvgIpc) is 2.67. The molecule has 2 heterocycles. The lowest BCUT2D eigenvalue weighted by Crippen LogP contribution is -1.98. The Bertz CT molecular complexity index is 639. The average molecular weight is 293 g/mol. The Kier molecular flexibility index (Phi) is 3.60. The number of nitrogens with two attached hydrogens (primary N) is 1. The van der Waals surface area contributed by atoms with Gasteiger partial charge in [0.05, 0.1) is 19.4 Å². The Morgan fingerprint density at radius 2 is 2.00 bits per heavy atom. The van der Waals surface area contributed by atoms with Crippen molar-refractivity contribution in [3.05, 3.63) is 30.2 Å². The summed E-state index contributed by atoms with van der Waals surface area (Å²) in [6, 6.07) is 5.45. The lowest BCUT2D eigenvalue weighted by Gasteiger charge is -2.09. The third kappa shape index (κ3) is 2.77. The van der Waals surface area contributed by atoms with Gasteiger partial charge in [-0.1, -0.05) is 11.8 Å². The van der Waals surface area contributed by atoms with Crippen molar-refractivity contribution in [3.63, 3.8) is 0 Å². The number of benzene rings is 1. The van der Waals surface area contributed by atoms with E-state index in [1.165, 1.54) is 11.8 Å². The lowest BCUT2D eigenvalue weighted by molar-refractivity contribution is 0.297. The maximum absolute atomic E-state index is 13.6. The lowest BCUT2D eigenvalue weighted by atomic mass is 10.3. The molecule has 0 radical (unpaired) electrons. The zero-order chi connectivity index (χ0) is 13.9. The maximum Gasteiger partial charge on any atom is 0.221 e. The molecule has 0 spiro atoms. The molecule has 2 N–H and O–H groups in total. The van der Waals surface area contributed by atoms with Crippen LogP contribution >= 0.6 is 11.8 Å².